The number of rotatable bonds is 3. The lowest BCUT2D eigenvalue weighted by Crippen LogP contribution is -2.34. The number of benzene rings is 2. The van der Waals surface area contributed by atoms with E-state index in [2.05, 4.69) is 5.32 Å². The first-order valence-corrected chi connectivity index (χ1v) is 9.37. The maximum Gasteiger partial charge on any atom is 0.194 e. The highest BCUT2D eigenvalue weighted by Gasteiger charge is 2.39. The Morgan fingerprint density at radius 3 is 2.43 bits per heavy atom. The predicted octanol–water partition coefficient (Wildman–Crippen LogP) is 4.01. The smallest absolute Gasteiger partial charge is 0.194 e. The molecule has 2 unspecified atom stereocenters. The van der Waals surface area contributed by atoms with Crippen LogP contribution in [0.5, 0.6) is 0 Å². The molecule has 2 aromatic rings. The summed E-state index contributed by atoms with van der Waals surface area (Å²) in [5, 5.41) is 2.74. The Morgan fingerprint density at radius 1 is 1.09 bits per heavy atom. The highest BCUT2D eigenvalue weighted by molar-refractivity contribution is 7.92. The van der Waals surface area contributed by atoms with Crippen LogP contribution in [0.1, 0.15) is 17.9 Å². The van der Waals surface area contributed by atoms with Crippen LogP contribution in [-0.2, 0) is 9.84 Å². The van der Waals surface area contributed by atoms with Crippen molar-refractivity contribution >= 4 is 33.0 Å². The van der Waals surface area contributed by atoms with E-state index in [-0.39, 0.29) is 15.8 Å². The average molecular weight is 374 g/mol. The summed E-state index contributed by atoms with van der Waals surface area (Å²) in [7, 11) is -3.58. The fraction of sp³-hybridized carbons (Fsp3) is 0.250. The van der Waals surface area contributed by atoms with E-state index in [0.29, 0.717) is 23.6 Å². The van der Waals surface area contributed by atoms with Gasteiger partial charge in [-0.25, -0.2) is 12.8 Å². The summed E-state index contributed by atoms with van der Waals surface area (Å²) >= 11 is 11.6. The number of halogens is 3. The van der Waals surface area contributed by atoms with Crippen molar-refractivity contribution in [2.24, 2.45) is 0 Å². The second-order valence-corrected chi connectivity index (χ2v) is 8.36. The fourth-order valence-corrected chi connectivity index (χ4v) is 5.04. The molecule has 2 atom stereocenters. The van der Waals surface area contributed by atoms with Crippen LogP contribution in [0.15, 0.2) is 47.4 Å². The second-order valence-electron chi connectivity index (χ2n) is 5.44. The van der Waals surface area contributed by atoms with Gasteiger partial charge < -0.3 is 5.32 Å². The Balaban J connectivity index is 1.97. The van der Waals surface area contributed by atoms with Crippen molar-refractivity contribution in [1.29, 1.82) is 0 Å². The van der Waals surface area contributed by atoms with Crippen LogP contribution >= 0.6 is 23.2 Å². The lowest BCUT2D eigenvalue weighted by Gasteiger charge is -2.20. The van der Waals surface area contributed by atoms with Gasteiger partial charge in [0.2, 0.25) is 0 Å². The molecule has 122 valence electrons. The van der Waals surface area contributed by atoms with Crippen molar-refractivity contribution in [3.05, 3.63) is 63.9 Å². The minimum absolute atomic E-state index is 0.00274. The summed E-state index contributed by atoms with van der Waals surface area (Å²) in [6.45, 7) is 0.567. The van der Waals surface area contributed by atoms with Gasteiger partial charge in [0.05, 0.1) is 9.92 Å². The molecule has 0 amide bonds. The first-order chi connectivity index (χ1) is 10.9. The van der Waals surface area contributed by atoms with Crippen LogP contribution in [0.2, 0.25) is 10.0 Å². The summed E-state index contributed by atoms with van der Waals surface area (Å²) in [5.41, 5.74) is 0.712. The van der Waals surface area contributed by atoms with Gasteiger partial charge in [0.25, 0.3) is 0 Å². The lowest BCUT2D eigenvalue weighted by molar-refractivity contribution is 0.558. The van der Waals surface area contributed by atoms with Crippen LogP contribution in [-0.4, -0.2) is 20.3 Å². The summed E-state index contributed by atoms with van der Waals surface area (Å²) < 4.78 is 39.1. The van der Waals surface area contributed by atoms with Crippen LogP contribution in [0, 0.1) is 5.82 Å². The van der Waals surface area contributed by atoms with Crippen molar-refractivity contribution in [1.82, 2.24) is 5.32 Å². The molecule has 1 heterocycles. The Kier molecular flexibility index (Phi) is 4.65. The van der Waals surface area contributed by atoms with Gasteiger partial charge in [-0.3, -0.25) is 0 Å². The number of sulfone groups is 1. The molecular weight excluding hydrogens is 360 g/mol. The third kappa shape index (κ3) is 3.24. The van der Waals surface area contributed by atoms with Gasteiger partial charge in [-0.15, -0.1) is 0 Å². The molecule has 1 saturated heterocycles. The van der Waals surface area contributed by atoms with Gasteiger partial charge in [0.1, 0.15) is 11.2 Å². The third-order valence-corrected chi connectivity index (χ3v) is 6.65. The Bertz CT molecular complexity index is 824. The van der Waals surface area contributed by atoms with Gasteiger partial charge in [-0.2, -0.15) is 0 Å². The standard InChI is InChI=1S/C16H14Cl2FNO2S/c17-11-2-4-12(5-3-11)23(21,22)16-13(7-8-20-16)10-1-6-15(19)14(18)9-10/h1-6,9,13,16,20H,7-8H2. The SMILES string of the molecule is O=S(=O)(c1ccc(Cl)cc1)C1NCCC1c1ccc(F)c(Cl)c1. The molecule has 23 heavy (non-hydrogen) atoms. The van der Waals surface area contributed by atoms with Crippen molar-refractivity contribution in [2.45, 2.75) is 22.6 Å². The van der Waals surface area contributed by atoms with E-state index >= 15 is 0 Å². The molecule has 0 aliphatic carbocycles. The molecule has 0 aromatic heterocycles. The van der Waals surface area contributed by atoms with E-state index in [0.717, 1.165) is 0 Å². The maximum atomic E-state index is 13.3. The lowest BCUT2D eigenvalue weighted by atomic mass is 9.98. The third-order valence-electron chi connectivity index (χ3n) is 4.01. The summed E-state index contributed by atoms with van der Waals surface area (Å²) in [5.74, 6) is -0.799. The van der Waals surface area contributed by atoms with E-state index < -0.39 is 21.0 Å². The van der Waals surface area contributed by atoms with Gasteiger partial charge in [0, 0.05) is 10.9 Å². The fourth-order valence-electron chi connectivity index (χ4n) is 2.86. The zero-order valence-electron chi connectivity index (χ0n) is 12.0. The molecule has 2 aromatic carbocycles. The number of hydrogen-bond donors (Lipinski definition) is 1. The van der Waals surface area contributed by atoms with Gasteiger partial charge in [-0.1, -0.05) is 29.3 Å². The number of nitrogens with one attached hydrogen (secondary N) is 1. The van der Waals surface area contributed by atoms with Crippen molar-refractivity contribution in [3.8, 4) is 0 Å². The van der Waals surface area contributed by atoms with E-state index in [9.17, 15) is 12.8 Å². The van der Waals surface area contributed by atoms with Crippen LogP contribution in [0.25, 0.3) is 0 Å². The Morgan fingerprint density at radius 2 is 1.78 bits per heavy atom. The molecule has 3 nitrogen and oxygen atoms in total. The first kappa shape index (κ1) is 16.7. The van der Waals surface area contributed by atoms with Crippen molar-refractivity contribution in [2.75, 3.05) is 6.54 Å². The highest BCUT2D eigenvalue weighted by Crippen LogP contribution is 2.35. The van der Waals surface area contributed by atoms with Gasteiger partial charge in [-0.05, 0) is 54.9 Å². The topological polar surface area (TPSA) is 46.2 Å². The highest BCUT2D eigenvalue weighted by atomic mass is 35.5. The number of hydrogen-bond acceptors (Lipinski definition) is 3. The molecule has 0 saturated carbocycles. The van der Waals surface area contributed by atoms with E-state index in [1.807, 2.05) is 0 Å². The first-order valence-electron chi connectivity index (χ1n) is 7.07. The summed E-state index contributed by atoms with van der Waals surface area (Å²) in [4.78, 5) is 0.208. The molecule has 0 radical (unpaired) electrons. The summed E-state index contributed by atoms with van der Waals surface area (Å²) in [6, 6.07) is 10.4. The zero-order chi connectivity index (χ0) is 16.6. The Hall–Kier alpha value is -1.14. The molecule has 0 spiro atoms. The van der Waals surface area contributed by atoms with E-state index in [1.165, 1.54) is 24.3 Å². The quantitative estimate of drug-likeness (QED) is 0.883. The molecule has 1 aliphatic rings. The molecule has 0 bridgehead atoms. The van der Waals surface area contributed by atoms with Crippen LogP contribution in [0.3, 0.4) is 0 Å². The van der Waals surface area contributed by atoms with Crippen molar-refractivity contribution < 1.29 is 12.8 Å². The molecule has 3 rings (SSSR count). The zero-order valence-corrected chi connectivity index (χ0v) is 14.3. The minimum atomic E-state index is -3.58. The Labute approximate surface area is 144 Å². The van der Waals surface area contributed by atoms with Gasteiger partial charge in [0.15, 0.2) is 9.84 Å². The van der Waals surface area contributed by atoms with Crippen LogP contribution < -0.4 is 5.32 Å². The monoisotopic (exact) mass is 373 g/mol. The predicted molar refractivity (Wildman–Crippen MR) is 89.2 cm³/mol. The molecular formula is C16H14Cl2FNO2S. The molecule has 7 heteroatoms. The molecule has 1 N–H and O–H groups in total. The average Bonchev–Trinajstić information content (AvgIpc) is 3.01. The largest absolute Gasteiger partial charge is 0.300 e. The second kappa shape index (κ2) is 6.40. The van der Waals surface area contributed by atoms with Crippen LogP contribution in [0.4, 0.5) is 4.39 Å². The molecule has 1 fully saturated rings. The minimum Gasteiger partial charge on any atom is -0.300 e. The normalized spacial score (nSPS) is 21.5. The van der Waals surface area contributed by atoms with E-state index in [1.54, 1.807) is 18.2 Å². The summed E-state index contributed by atoms with van der Waals surface area (Å²) in [6.07, 6.45) is 0.638. The van der Waals surface area contributed by atoms with Gasteiger partial charge >= 0.3 is 0 Å². The maximum absolute atomic E-state index is 13.3. The van der Waals surface area contributed by atoms with Crippen molar-refractivity contribution in [3.63, 3.8) is 0 Å². The van der Waals surface area contributed by atoms with E-state index in [4.69, 9.17) is 23.2 Å². The molecule has 1 aliphatic heterocycles.